The average Bonchev–Trinajstić information content (AvgIpc) is 2.75. The number of hydrogen-bond donors (Lipinski definition) is 1. The molecular formula is C23H31FN4O2. The number of halogens is 1. The fourth-order valence-corrected chi connectivity index (χ4v) is 3.53. The Hall–Kier alpha value is -2.64. The molecule has 0 spiro atoms. The number of carbonyl (C=O) groups excluding carboxylic acids is 1. The number of likely N-dealkylation sites (N-methyl/N-ethyl adjacent to an activating group) is 1. The summed E-state index contributed by atoms with van der Waals surface area (Å²) >= 11 is 0. The predicted octanol–water partition coefficient (Wildman–Crippen LogP) is 2.38. The fraction of sp³-hybridized carbons (Fsp3) is 0.435. The van der Waals surface area contributed by atoms with E-state index in [0.29, 0.717) is 12.3 Å². The van der Waals surface area contributed by atoms with Crippen molar-refractivity contribution in [3.63, 3.8) is 0 Å². The van der Waals surface area contributed by atoms with E-state index in [0.717, 1.165) is 31.9 Å². The number of rotatable bonds is 8. The molecule has 0 aliphatic carbocycles. The Morgan fingerprint density at radius 3 is 2.30 bits per heavy atom. The fourth-order valence-electron chi connectivity index (χ4n) is 3.53. The summed E-state index contributed by atoms with van der Waals surface area (Å²) in [7, 11) is 6.18. The van der Waals surface area contributed by atoms with Gasteiger partial charge in [-0.05, 0) is 49.0 Å². The number of hydrogen-bond acceptors (Lipinski definition) is 5. The first-order chi connectivity index (χ1) is 14.4. The van der Waals surface area contributed by atoms with Crippen molar-refractivity contribution in [2.75, 3.05) is 65.4 Å². The van der Waals surface area contributed by atoms with Crippen LogP contribution in [0.15, 0.2) is 48.5 Å². The van der Waals surface area contributed by atoms with Gasteiger partial charge in [0.15, 0.2) is 6.61 Å². The van der Waals surface area contributed by atoms with Gasteiger partial charge < -0.3 is 19.9 Å². The largest absolute Gasteiger partial charge is 0.484 e. The lowest BCUT2D eigenvalue weighted by molar-refractivity contribution is -0.123. The molecule has 30 heavy (non-hydrogen) atoms. The van der Waals surface area contributed by atoms with Crippen LogP contribution in [0.4, 0.5) is 10.1 Å². The Morgan fingerprint density at radius 2 is 1.70 bits per heavy atom. The second-order valence-corrected chi connectivity index (χ2v) is 7.89. The van der Waals surface area contributed by atoms with Crippen molar-refractivity contribution >= 4 is 11.6 Å². The molecule has 7 heteroatoms. The first-order valence-electron chi connectivity index (χ1n) is 10.3. The molecule has 1 saturated heterocycles. The minimum Gasteiger partial charge on any atom is -0.484 e. The van der Waals surface area contributed by atoms with Gasteiger partial charge in [-0.25, -0.2) is 4.39 Å². The number of nitrogens with one attached hydrogen (secondary N) is 1. The van der Waals surface area contributed by atoms with Gasteiger partial charge in [-0.15, -0.1) is 0 Å². The highest BCUT2D eigenvalue weighted by Crippen LogP contribution is 2.24. The summed E-state index contributed by atoms with van der Waals surface area (Å²) in [6, 6.07) is 14.3. The average molecular weight is 415 g/mol. The van der Waals surface area contributed by atoms with Gasteiger partial charge >= 0.3 is 0 Å². The molecule has 2 aromatic carbocycles. The van der Waals surface area contributed by atoms with Crippen LogP contribution in [0.3, 0.4) is 0 Å². The van der Waals surface area contributed by atoms with E-state index >= 15 is 0 Å². The van der Waals surface area contributed by atoms with Gasteiger partial charge in [0.25, 0.3) is 5.91 Å². The molecule has 1 amide bonds. The maximum atomic E-state index is 13.0. The van der Waals surface area contributed by atoms with Crippen molar-refractivity contribution in [2.24, 2.45) is 0 Å². The number of carbonyl (C=O) groups is 1. The molecule has 1 N–H and O–H groups in total. The molecule has 0 unspecified atom stereocenters. The molecule has 2 aromatic rings. The number of amides is 1. The number of piperazine rings is 1. The lowest BCUT2D eigenvalue weighted by atomic mass is 10.0. The van der Waals surface area contributed by atoms with Crippen molar-refractivity contribution in [3.05, 3.63) is 59.9 Å². The Balaban J connectivity index is 1.61. The highest BCUT2D eigenvalue weighted by molar-refractivity contribution is 5.77. The van der Waals surface area contributed by atoms with Crippen LogP contribution in [0, 0.1) is 5.82 Å². The van der Waals surface area contributed by atoms with Crippen LogP contribution >= 0.6 is 0 Å². The van der Waals surface area contributed by atoms with Crippen molar-refractivity contribution in [1.29, 1.82) is 0 Å². The van der Waals surface area contributed by atoms with Gasteiger partial charge in [-0.2, -0.15) is 0 Å². The van der Waals surface area contributed by atoms with Crippen LogP contribution < -0.4 is 15.0 Å². The summed E-state index contributed by atoms with van der Waals surface area (Å²) in [6.07, 6.45) is 0. The topological polar surface area (TPSA) is 48.1 Å². The normalized spacial score (nSPS) is 16.1. The van der Waals surface area contributed by atoms with Crippen LogP contribution in [-0.4, -0.2) is 76.2 Å². The third-order valence-corrected chi connectivity index (χ3v) is 5.45. The molecule has 3 rings (SSSR count). The van der Waals surface area contributed by atoms with Crippen molar-refractivity contribution in [1.82, 2.24) is 15.1 Å². The Kier molecular flexibility index (Phi) is 7.65. The SMILES string of the molecule is CN1CCN([C@H](CNC(=O)COc2ccc(F)cc2)c2ccc(N(C)C)cc2)CC1. The zero-order valence-corrected chi connectivity index (χ0v) is 18.0. The zero-order chi connectivity index (χ0) is 21.5. The maximum Gasteiger partial charge on any atom is 0.258 e. The van der Waals surface area contributed by atoms with Gasteiger partial charge in [-0.1, -0.05) is 12.1 Å². The Bertz CT molecular complexity index is 803. The smallest absolute Gasteiger partial charge is 0.258 e. The van der Waals surface area contributed by atoms with E-state index in [1.807, 2.05) is 14.1 Å². The van der Waals surface area contributed by atoms with E-state index in [2.05, 4.69) is 51.3 Å². The summed E-state index contributed by atoms with van der Waals surface area (Å²) in [6.45, 7) is 4.34. The standard InChI is InChI=1S/C23H31FN4O2/c1-26(2)20-8-4-18(5-9-20)22(28-14-12-27(3)13-15-28)16-25-23(29)17-30-21-10-6-19(24)7-11-21/h4-11,22H,12-17H2,1-3H3,(H,25,29)/t22-/m1/s1. The van der Waals surface area contributed by atoms with Gasteiger partial charge in [0.1, 0.15) is 11.6 Å². The quantitative estimate of drug-likeness (QED) is 0.719. The van der Waals surface area contributed by atoms with Crippen LogP contribution in [0.2, 0.25) is 0 Å². The summed E-state index contributed by atoms with van der Waals surface area (Å²) in [5.74, 6) is -0.0492. The molecule has 0 radical (unpaired) electrons. The second kappa shape index (κ2) is 10.4. The number of benzene rings is 2. The van der Waals surface area contributed by atoms with Crippen molar-refractivity contribution in [3.8, 4) is 5.75 Å². The zero-order valence-electron chi connectivity index (χ0n) is 18.0. The van der Waals surface area contributed by atoms with Gasteiger partial charge in [0, 0.05) is 52.5 Å². The Labute approximate surface area is 178 Å². The van der Waals surface area contributed by atoms with Gasteiger partial charge in [0.2, 0.25) is 0 Å². The van der Waals surface area contributed by atoms with Gasteiger partial charge in [-0.3, -0.25) is 9.69 Å². The summed E-state index contributed by atoms with van der Waals surface area (Å²) in [4.78, 5) is 19.2. The number of anilines is 1. The molecular weight excluding hydrogens is 383 g/mol. The van der Waals surface area contributed by atoms with E-state index in [4.69, 9.17) is 4.74 Å². The highest BCUT2D eigenvalue weighted by atomic mass is 19.1. The summed E-state index contributed by atoms with van der Waals surface area (Å²) in [5.41, 5.74) is 2.33. The highest BCUT2D eigenvalue weighted by Gasteiger charge is 2.24. The molecule has 0 saturated carbocycles. The monoisotopic (exact) mass is 414 g/mol. The third-order valence-electron chi connectivity index (χ3n) is 5.45. The first kappa shape index (κ1) is 22.1. The summed E-state index contributed by atoms with van der Waals surface area (Å²) < 4.78 is 18.4. The number of nitrogens with zero attached hydrogens (tertiary/aromatic N) is 3. The molecule has 6 nitrogen and oxygen atoms in total. The Morgan fingerprint density at radius 1 is 1.07 bits per heavy atom. The maximum absolute atomic E-state index is 13.0. The van der Waals surface area contributed by atoms with Crippen molar-refractivity contribution in [2.45, 2.75) is 6.04 Å². The molecule has 0 aromatic heterocycles. The molecule has 1 aliphatic rings. The molecule has 1 fully saturated rings. The minimum absolute atomic E-state index is 0.0966. The molecule has 0 bridgehead atoms. The van der Waals surface area contributed by atoms with E-state index in [-0.39, 0.29) is 24.4 Å². The molecule has 1 heterocycles. The second-order valence-electron chi connectivity index (χ2n) is 7.89. The number of ether oxygens (including phenoxy) is 1. The van der Waals surface area contributed by atoms with Crippen LogP contribution in [0.25, 0.3) is 0 Å². The third kappa shape index (κ3) is 6.18. The van der Waals surface area contributed by atoms with Crippen LogP contribution in [-0.2, 0) is 4.79 Å². The van der Waals surface area contributed by atoms with Crippen molar-refractivity contribution < 1.29 is 13.9 Å². The predicted molar refractivity (Wildman–Crippen MR) is 117 cm³/mol. The van der Waals surface area contributed by atoms with E-state index in [9.17, 15) is 9.18 Å². The van der Waals surface area contributed by atoms with Crippen LogP contribution in [0.1, 0.15) is 11.6 Å². The molecule has 1 aliphatic heterocycles. The van der Waals surface area contributed by atoms with Gasteiger partial charge in [0.05, 0.1) is 6.04 Å². The molecule has 1 atom stereocenters. The lowest BCUT2D eigenvalue weighted by Gasteiger charge is -2.38. The summed E-state index contributed by atoms with van der Waals surface area (Å²) in [5, 5.41) is 3.01. The first-order valence-corrected chi connectivity index (χ1v) is 10.3. The van der Waals surface area contributed by atoms with Crippen LogP contribution in [0.5, 0.6) is 5.75 Å². The molecule has 162 valence electrons. The lowest BCUT2D eigenvalue weighted by Crippen LogP contribution is -2.48. The van der Waals surface area contributed by atoms with E-state index in [1.165, 1.54) is 29.8 Å². The van der Waals surface area contributed by atoms with E-state index in [1.54, 1.807) is 0 Å². The minimum atomic E-state index is -0.331. The van der Waals surface area contributed by atoms with E-state index < -0.39 is 0 Å².